The second-order valence-electron chi connectivity index (χ2n) is 5.61. The number of aliphatic hydroxyl groups excluding tert-OH is 1. The lowest BCUT2D eigenvalue weighted by Gasteiger charge is -2.26. The summed E-state index contributed by atoms with van der Waals surface area (Å²) in [5.74, 6) is 0.596. The van der Waals surface area contributed by atoms with Gasteiger partial charge in [0.2, 0.25) is 10.0 Å². The molecule has 1 fully saturated rings. The van der Waals surface area contributed by atoms with Crippen LogP contribution in [0.5, 0.6) is 5.75 Å². The maximum absolute atomic E-state index is 12.2. The van der Waals surface area contributed by atoms with Crippen LogP contribution in [-0.4, -0.2) is 33.3 Å². The summed E-state index contributed by atoms with van der Waals surface area (Å²) in [6.07, 6.45) is 4.66. The summed E-state index contributed by atoms with van der Waals surface area (Å²) in [6.45, 7) is 0.0245. The van der Waals surface area contributed by atoms with Gasteiger partial charge in [0.1, 0.15) is 5.75 Å². The van der Waals surface area contributed by atoms with Crippen LogP contribution in [0.25, 0.3) is 0 Å². The normalized spacial score (nSPS) is 18.1. The second kappa shape index (κ2) is 7.64. The number of hydrogen-bond acceptors (Lipinski definition) is 4. The smallest absolute Gasteiger partial charge is 0.240 e. The van der Waals surface area contributed by atoms with Gasteiger partial charge in [0, 0.05) is 6.54 Å². The Hall–Kier alpha value is -0.820. The number of aliphatic hydroxyl groups is 1. The number of benzene rings is 1. The van der Waals surface area contributed by atoms with Crippen LogP contribution in [0, 0.1) is 5.92 Å². The summed E-state index contributed by atoms with van der Waals surface area (Å²) in [4.78, 5) is 0.0640. The first-order chi connectivity index (χ1) is 10.4. The second-order valence-corrected chi connectivity index (χ2v) is 7.79. The number of methoxy groups -OCH3 is 1. The van der Waals surface area contributed by atoms with Crippen LogP contribution < -0.4 is 9.46 Å². The molecule has 1 aliphatic rings. The predicted molar refractivity (Wildman–Crippen MR) is 85.8 cm³/mol. The zero-order chi connectivity index (χ0) is 16.2. The van der Waals surface area contributed by atoms with Gasteiger partial charge in [-0.2, -0.15) is 0 Å². The molecule has 1 aliphatic carbocycles. The highest BCUT2D eigenvalue weighted by atomic mass is 35.5. The molecule has 2 rings (SSSR count). The molecule has 2 N–H and O–H groups in total. The third-order valence-corrected chi connectivity index (χ3v) is 5.83. The van der Waals surface area contributed by atoms with Crippen LogP contribution in [-0.2, 0) is 10.0 Å². The number of nitrogens with one attached hydrogen (secondary N) is 1. The number of hydrogen-bond donors (Lipinski definition) is 2. The quantitative estimate of drug-likeness (QED) is 0.829. The zero-order valence-electron chi connectivity index (χ0n) is 12.6. The number of ether oxygens (including phenoxy) is 1. The van der Waals surface area contributed by atoms with Gasteiger partial charge >= 0.3 is 0 Å². The van der Waals surface area contributed by atoms with Crippen molar-refractivity contribution in [3.8, 4) is 5.75 Å². The third kappa shape index (κ3) is 4.35. The summed E-state index contributed by atoms with van der Waals surface area (Å²) in [5.41, 5.74) is 0. The maximum Gasteiger partial charge on any atom is 0.240 e. The van der Waals surface area contributed by atoms with Gasteiger partial charge in [0.05, 0.1) is 23.1 Å². The number of rotatable bonds is 6. The minimum Gasteiger partial charge on any atom is -0.495 e. The molecule has 1 atom stereocenters. The summed E-state index contributed by atoms with van der Waals surface area (Å²) in [5, 5.41) is 10.4. The van der Waals surface area contributed by atoms with Gasteiger partial charge in [-0.25, -0.2) is 13.1 Å². The molecule has 0 radical (unpaired) electrons. The molecule has 1 aromatic carbocycles. The molecule has 0 heterocycles. The average molecular weight is 348 g/mol. The first-order valence-corrected chi connectivity index (χ1v) is 9.31. The summed E-state index contributed by atoms with van der Waals surface area (Å²) in [6, 6.07) is 4.28. The molecule has 0 saturated heterocycles. The van der Waals surface area contributed by atoms with E-state index in [9.17, 15) is 13.5 Å². The van der Waals surface area contributed by atoms with E-state index in [1.165, 1.54) is 31.7 Å². The number of sulfonamides is 1. The first-order valence-electron chi connectivity index (χ1n) is 7.45. The van der Waals surface area contributed by atoms with E-state index in [-0.39, 0.29) is 22.4 Å². The van der Waals surface area contributed by atoms with Crippen LogP contribution in [0.1, 0.15) is 32.1 Å². The minimum atomic E-state index is -3.69. The lowest BCUT2D eigenvalue weighted by Crippen LogP contribution is -2.37. The Morgan fingerprint density at radius 2 is 2.05 bits per heavy atom. The van der Waals surface area contributed by atoms with E-state index in [1.807, 2.05) is 0 Å². The maximum atomic E-state index is 12.2. The highest BCUT2D eigenvalue weighted by Crippen LogP contribution is 2.28. The minimum absolute atomic E-state index is 0.0245. The molecule has 22 heavy (non-hydrogen) atoms. The van der Waals surface area contributed by atoms with Gasteiger partial charge in [-0.05, 0) is 37.0 Å². The van der Waals surface area contributed by atoms with E-state index in [0.717, 1.165) is 25.7 Å². The molecule has 7 heteroatoms. The van der Waals surface area contributed by atoms with Crippen molar-refractivity contribution < 1.29 is 18.3 Å². The van der Waals surface area contributed by atoms with Gasteiger partial charge in [0.15, 0.2) is 0 Å². The van der Waals surface area contributed by atoms with Crippen molar-refractivity contribution in [2.75, 3.05) is 13.7 Å². The molecular weight excluding hydrogens is 326 g/mol. The first kappa shape index (κ1) is 17.5. The molecule has 0 aliphatic heterocycles. The Kier molecular flexibility index (Phi) is 6.09. The summed E-state index contributed by atoms with van der Waals surface area (Å²) in [7, 11) is -2.23. The Morgan fingerprint density at radius 3 is 2.64 bits per heavy atom. The monoisotopic (exact) mass is 347 g/mol. The van der Waals surface area contributed by atoms with Gasteiger partial charge in [-0.3, -0.25) is 0 Å². The molecule has 0 bridgehead atoms. The Labute approximate surface area is 136 Å². The Balaban J connectivity index is 1.99. The van der Waals surface area contributed by atoms with E-state index in [1.54, 1.807) is 0 Å². The summed E-state index contributed by atoms with van der Waals surface area (Å²) < 4.78 is 32.0. The van der Waals surface area contributed by atoms with Gasteiger partial charge in [-0.1, -0.05) is 30.9 Å². The van der Waals surface area contributed by atoms with Crippen molar-refractivity contribution in [1.29, 1.82) is 0 Å². The third-order valence-electron chi connectivity index (χ3n) is 4.11. The van der Waals surface area contributed by atoms with Crippen LogP contribution in [0.15, 0.2) is 23.1 Å². The fraction of sp³-hybridized carbons (Fsp3) is 0.600. The molecular formula is C15H22ClNO4S. The fourth-order valence-electron chi connectivity index (χ4n) is 2.78. The van der Waals surface area contributed by atoms with Gasteiger partial charge < -0.3 is 9.84 Å². The van der Waals surface area contributed by atoms with E-state index in [0.29, 0.717) is 5.75 Å². The molecule has 1 saturated carbocycles. The van der Waals surface area contributed by atoms with Crippen molar-refractivity contribution in [2.24, 2.45) is 5.92 Å². The number of halogens is 1. The largest absolute Gasteiger partial charge is 0.495 e. The molecule has 0 aromatic heterocycles. The van der Waals surface area contributed by atoms with Crippen LogP contribution >= 0.6 is 11.6 Å². The van der Waals surface area contributed by atoms with Crippen molar-refractivity contribution in [3.05, 3.63) is 23.2 Å². The lowest BCUT2D eigenvalue weighted by atomic mass is 9.85. The SMILES string of the molecule is COc1ccc(S(=O)(=O)NCC(O)C2CCCCC2)cc1Cl. The predicted octanol–water partition coefficient (Wildman–Crippen LogP) is 2.57. The molecule has 1 aromatic rings. The van der Waals surface area contributed by atoms with E-state index in [2.05, 4.69) is 4.72 Å². The van der Waals surface area contributed by atoms with Gasteiger partial charge in [-0.15, -0.1) is 0 Å². The summed E-state index contributed by atoms with van der Waals surface area (Å²) >= 11 is 5.95. The fourth-order valence-corrected chi connectivity index (χ4v) is 4.18. The lowest BCUT2D eigenvalue weighted by molar-refractivity contribution is 0.0888. The highest BCUT2D eigenvalue weighted by molar-refractivity contribution is 7.89. The van der Waals surface area contributed by atoms with E-state index in [4.69, 9.17) is 16.3 Å². The van der Waals surface area contributed by atoms with Gasteiger partial charge in [0.25, 0.3) is 0 Å². The highest BCUT2D eigenvalue weighted by Gasteiger charge is 2.24. The van der Waals surface area contributed by atoms with E-state index < -0.39 is 16.1 Å². The van der Waals surface area contributed by atoms with E-state index >= 15 is 0 Å². The van der Waals surface area contributed by atoms with Crippen LogP contribution in [0.4, 0.5) is 0 Å². The zero-order valence-corrected chi connectivity index (χ0v) is 14.2. The van der Waals surface area contributed by atoms with Crippen molar-refractivity contribution in [3.63, 3.8) is 0 Å². The van der Waals surface area contributed by atoms with Crippen molar-refractivity contribution in [1.82, 2.24) is 4.72 Å². The van der Waals surface area contributed by atoms with Crippen molar-refractivity contribution in [2.45, 2.75) is 43.1 Å². The molecule has 1 unspecified atom stereocenters. The molecule has 124 valence electrons. The standard InChI is InChI=1S/C15H22ClNO4S/c1-21-15-8-7-12(9-13(15)16)22(19,20)17-10-14(18)11-5-3-2-4-6-11/h7-9,11,14,17-18H,2-6,10H2,1H3. The average Bonchev–Trinajstić information content (AvgIpc) is 2.53. The van der Waals surface area contributed by atoms with Crippen LogP contribution in [0.3, 0.4) is 0 Å². The Bertz CT molecular complexity index is 600. The molecule has 5 nitrogen and oxygen atoms in total. The molecule has 0 spiro atoms. The van der Waals surface area contributed by atoms with Crippen molar-refractivity contribution >= 4 is 21.6 Å². The topological polar surface area (TPSA) is 75.6 Å². The molecule has 0 amide bonds. The van der Waals surface area contributed by atoms with Crippen LogP contribution in [0.2, 0.25) is 5.02 Å². The Morgan fingerprint density at radius 1 is 1.36 bits per heavy atom.